The Labute approximate surface area is 214 Å². The SMILES string of the molecule is Cc1ccc(S(=O)(=O)Oc2ccc(/C=C3\C(=O)NC(=O)N(c4cccc(Cl)c4)C3=O)cc2Br)cc1. The van der Waals surface area contributed by atoms with E-state index in [-0.39, 0.29) is 26.4 Å². The lowest BCUT2D eigenvalue weighted by Crippen LogP contribution is -2.54. The topological polar surface area (TPSA) is 110 Å². The number of imide groups is 2. The summed E-state index contributed by atoms with van der Waals surface area (Å²) in [6.45, 7) is 1.84. The zero-order chi connectivity index (χ0) is 25.3. The second kappa shape index (κ2) is 9.65. The van der Waals surface area contributed by atoms with E-state index in [0.717, 1.165) is 10.5 Å². The van der Waals surface area contributed by atoms with Crippen molar-refractivity contribution in [2.24, 2.45) is 0 Å². The van der Waals surface area contributed by atoms with Gasteiger partial charge in [0.1, 0.15) is 10.5 Å². The van der Waals surface area contributed by atoms with E-state index < -0.39 is 28.0 Å². The molecule has 1 N–H and O–H groups in total. The van der Waals surface area contributed by atoms with Gasteiger partial charge in [-0.05, 0) is 77.0 Å². The molecule has 3 aromatic carbocycles. The van der Waals surface area contributed by atoms with E-state index in [1.807, 2.05) is 6.92 Å². The number of rotatable bonds is 5. The highest BCUT2D eigenvalue weighted by Gasteiger charge is 2.36. The number of anilines is 1. The summed E-state index contributed by atoms with van der Waals surface area (Å²) in [4.78, 5) is 38.5. The molecule has 1 saturated heterocycles. The van der Waals surface area contributed by atoms with E-state index in [1.165, 1.54) is 48.5 Å². The number of hydrogen-bond donors (Lipinski definition) is 1. The van der Waals surface area contributed by atoms with Gasteiger partial charge in [-0.1, -0.05) is 41.4 Å². The standard InChI is InChI=1S/C24H16BrClN2O6S/c1-14-5-8-18(9-6-14)35(32,33)34-21-10-7-15(12-20(21)25)11-19-22(29)27-24(31)28(23(19)30)17-4-2-3-16(26)13-17/h2-13H,1H3,(H,27,29,31)/b19-11+. The van der Waals surface area contributed by atoms with Gasteiger partial charge in [-0.25, -0.2) is 9.69 Å². The van der Waals surface area contributed by atoms with Crippen LogP contribution < -0.4 is 14.4 Å². The zero-order valence-corrected chi connectivity index (χ0v) is 21.1. The quantitative estimate of drug-likeness (QED) is 0.265. The van der Waals surface area contributed by atoms with E-state index in [9.17, 15) is 22.8 Å². The van der Waals surface area contributed by atoms with Crippen molar-refractivity contribution in [3.05, 3.63) is 92.9 Å². The Bertz CT molecular complexity index is 1500. The lowest BCUT2D eigenvalue weighted by Gasteiger charge is -2.26. The van der Waals surface area contributed by atoms with Crippen molar-refractivity contribution >= 4 is 67.3 Å². The molecule has 35 heavy (non-hydrogen) atoms. The Balaban J connectivity index is 1.62. The fourth-order valence-corrected chi connectivity index (χ4v) is 4.94. The van der Waals surface area contributed by atoms with Crippen LogP contribution in [-0.2, 0) is 19.7 Å². The molecule has 11 heteroatoms. The van der Waals surface area contributed by atoms with Crippen LogP contribution in [0.15, 0.2) is 81.7 Å². The van der Waals surface area contributed by atoms with Gasteiger partial charge in [0.15, 0.2) is 5.75 Å². The molecule has 1 aliphatic heterocycles. The third kappa shape index (κ3) is 5.29. The lowest BCUT2D eigenvalue weighted by molar-refractivity contribution is -0.122. The molecule has 8 nitrogen and oxygen atoms in total. The number of hydrogen-bond acceptors (Lipinski definition) is 6. The largest absolute Gasteiger partial charge is 0.378 e. The summed E-state index contributed by atoms with van der Waals surface area (Å²) in [5.74, 6) is -1.68. The Kier molecular flexibility index (Phi) is 6.79. The molecule has 1 aliphatic rings. The Hall–Kier alpha value is -3.47. The zero-order valence-electron chi connectivity index (χ0n) is 18.0. The number of benzene rings is 3. The molecule has 0 radical (unpaired) electrons. The maximum Gasteiger partial charge on any atom is 0.339 e. The van der Waals surface area contributed by atoms with Crippen LogP contribution in [0.25, 0.3) is 6.08 Å². The minimum atomic E-state index is -4.08. The van der Waals surface area contributed by atoms with Gasteiger partial charge in [0.2, 0.25) is 0 Å². The first-order valence-electron chi connectivity index (χ1n) is 10.0. The van der Waals surface area contributed by atoms with Crippen LogP contribution in [0, 0.1) is 6.92 Å². The van der Waals surface area contributed by atoms with E-state index in [1.54, 1.807) is 24.3 Å². The number of carbonyl (C=O) groups is 3. The maximum absolute atomic E-state index is 13.0. The summed E-state index contributed by atoms with van der Waals surface area (Å²) in [6.07, 6.45) is 1.28. The minimum Gasteiger partial charge on any atom is -0.378 e. The molecule has 0 spiro atoms. The van der Waals surface area contributed by atoms with Crippen molar-refractivity contribution in [3.8, 4) is 5.75 Å². The van der Waals surface area contributed by atoms with Crippen LogP contribution in [0.1, 0.15) is 11.1 Å². The number of carbonyl (C=O) groups excluding carboxylic acids is 3. The van der Waals surface area contributed by atoms with Gasteiger partial charge in [-0.2, -0.15) is 8.42 Å². The van der Waals surface area contributed by atoms with Crippen LogP contribution >= 0.6 is 27.5 Å². The number of barbiturate groups is 1. The van der Waals surface area contributed by atoms with Crippen molar-refractivity contribution in [3.63, 3.8) is 0 Å². The first-order valence-corrected chi connectivity index (χ1v) is 12.6. The number of halogens is 2. The highest BCUT2D eigenvalue weighted by molar-refractivity contribution is 9.10. The average molecular weight is 576 g/mol. The van der Waals surface area contributed by atoms with Crippen LogP contribution in [0.2, 0.25) is 5.02 Å². The maximum atomic E-state index is 13.0. The van der Waals surface area contributed by atoms with Gasteiger partial charge in [0.05, 0.1) is 10.2 Å². The Morgan fingerprint density at radius 3 is 2.37 bits per heavy atom. The second-order valence-corrected chi connectivity index (χ2v) is 10.3. The molecule has 178 valence electrons. The number of nitrogens with zero attached hydrogens (tertiary/aromatic N) is 1. The third-order valence-corrected chi connectivity index (χ3v) is 7.05. The number of nitrogens with one attached hydrogen (secondary N) is 1. The summed E-state index contributed by atoms with van der Waals surface area (Å²) in [5.41, 5.74) is 1.19. The van der Waals surface area contributed by atoms with Gasteiger partial charge in [-0.3, -0.25) is 14.9 Å². The highest BCUT2D eigenvalue weighted by Crippen LogP contribution is 2.31. The molecule has 0 aliphatic carbocycles. The highest BCUT2D eigenvalue weighted by atomic mass is 79.9. The summed E-state index contributed by atoms with van der Waals surface area (Å²) in [7, 11) is -4.08. The summed E-state index contributed by atoms with van der Waals surface area (Å²) < 4.78 is 30.7. The monoisotopic (exact) mass is 574 g/mol. The molecule has 1 fully saturated rings. The molecule has 0 aromatic heterocycles. The van der Waals surface area contributed by atoms with E-state index in [4.69, 9.17) is 15.8 Å². The van der Waals surface area contributed by atoms with Crippen molar-refractivity contribution < 1.29 is 27.0 Å². The minimum absolute atomic E-state index is 0.00329. The van der Waals surface area contributed by atoms with Crippen LogP contribution in [0.3, 0.4) is 0 Å². The van der Waals surface area contributed by atoms with E-state index in [2.05, 4.69) is 21.2 Å². The van der Waals surface area contributed by atoms with Crippen LogP contribution in [0.5, 0.6) is 5.75 Å². The predicted molar refractivity (Wildman–Crippen MR) is 134 cm³/mol. The van der Waals surface area contributed by atoms with Gasteiger partial charge in [0, 0.05) is 5.02 Å². The second-order valence-electron chi connectivity index (χ2n) is 7.48. The van der Waals surface area contributed by atoms with Crippen molar-refractivity contribution in [1.82, 2.24) is 5.32 Å². The Morgan fingerprint density at radius 2 is 1.71 bits per heavy atom. The molecule has 4 amide bonds. The molecule has 4 rings (SSSR count). The molecule has 3 aromatic rings. The van der Waals surface area contributed by atoms with Gasteiger partial charge in [-0.15, -0.1) is 0 Å². The summed E-state index contributed by atoms with van der Waals surface area (Å²) in [5, 5.41) is 2.44. The van der Waals surface area contributed by atoms with Crippen molar-refractivity contribution in [2.75, 3.05) is 4.90 Å². The fourth-order valence-electron chi connectivity index (χ4n) is 3.22. The van der Waals surface area contributed by atoms with Crippen LogP contribution in [-0.4, -0.2) is 26.3 Å². The fraction of sp³-hybridized carbons (Fsp3) is 0.0417. The summed E-state index contributed by atoms with van der Waals surface area (Å²) in [6, 6.07) is 15.7. The molecule has 0 bridgehead atoms. The summed E-state index contributed by atoms with van der Waals surface area (Å²) >= 11 is 9.23. The Morgan fingerprint density at radius 1 is 1.00 bits per heavy atom. The van der Waals surface area contributed by atoms with E-state index >= 15 is 0 Å². The smallest absolute Gasteiger partial charge is 0.339 e. The first-order chi connectivity index (χ1) is 16.5. The van der Waals surface area contributed by atoms with Crippen LogP contribution in [0.4, 0.5) is 10.5 Å². The number of amides is 4. The first kappa shape index (κ1) is 24.6. The third-order valence-electron chi connectivity index (χ3n) is 4.94. The molecule has 0 atom stereocenters. The molecule has 1 heterocycles. The predicted octanol–water partition coefficient (Wildman–Crippen LogP) is 4.85. The molecule has 0 saturated carbocycles. The van der Waals surface area contributed by atoms with Gasteiger partial charge in [0.25, 0.3) is 11.8 Å². The molecular formula is C24H16BrClN2O6S. The van der Waals surface area contributed by atoms with Gasteiger partial charge >= 0.3 is 16.1 Å². The molecular weight excluding hydrogens is 560 g/mol. The lowest BCUT2D eigenvalue weighted by atomic mass is 10.1. The molecule has 0 unspecified atom stereocenters. The van der Waals surface area contributed by atoms with Crippen molar-refractivity contribution in [1.29, 1.82) is 0 Å². The van der Waals surface area contributed by atoms with Crippen molar-refractivity contribution in [2.45, 2.75) is 11.8 Å². The number of aryl methyl sites for hydroxylation is 1. The average Bonchev–Trinajstić information content (AvgIpc) is 2.78. The van der Waals surface area contributed by atoms with E-state index in [0.29, 0.717) is 10.6 Å². The normalized spacial score (nSPS) is 15.3. The van der Waals surface area contributed by atoms with Gasteiger partial charge < -0.3 is 4.18 Å². The number of urea groups is 1.